The Morgan fingerprint density at radius 1 is 1.23 bits per heavy atom. The summed E-state index contributed by atoms with van der Waals surface area (Å²) < 4.78 is 7.53. The smallest absolute Gasteiger partial charge is 0.225 e. The van der Waals surface area contributed by atoms with Crippen LogP contribution in [0, 0.1) is 11.3 Å². The molecule has 0 radical (unpaired) electrons. The standard InChI is InChI=1S/C23H37N5O2/c1-17-5-4-9-23(2,3)19(17)6-10-27-11-7-20-25-26-21(28(20)13-12-27)15-24-22(29)18-8-14-30-16-18/h18H,4-16H2,1-3H3,(H,24,29). The van der Waals surface area contributed by atoms with E-state index in [1.807, 2.05) is 0 Å². The van der Waals surface area contributed by atoms with Gasteiger partial charge in [0.05, 0.1) is 19.1 Å². The number of hydrogen-bond donors (Lipinski definition) is 1. The van der Waals surface area contributed by atoms with Gasteiger partial charge in [0.15, 0.2) is 5.82 Å². The van der Waals surface area contributed by atoms with Gasteiger partial charge in [-0.15, -0.1) is 10.2 Å². The highest BCUT2D eigenvalue weighted by atomic mass is 16.5. The number of aromatic nitrogens is 3. The number of carbonyl (C=O) groups excluding carboxylic acids is 1. The minimum absolute atomic E-state index is 0.0196. The molecule has 1 amide bonds. The zero-order valence-electron chi connectivity index (χ0n) is 18.9. The normalized spacial score (nSPS) is 24.6. The van der Waals surface area contributed by atoms with Crippen LogP contribution in [0.15, 0.2) is 11.1 Å². The number of nitrogens with one attached hydrogen (secondary N) is 1. The number of ether oxygens (including phenoxy) is 1. The minimum atomic E-state index is -0.0196. The van der Waals surface area contributed by atoms with Crippen molar-refractivity contribution in [3.05, 3.63) is 22.8 Å². The summed E-state index contributed by atoms with van der Waals surface area (Å²) in [5.74, 6) is 1.96. The molecule has 2 aliphatic heterocycles. The summed E-state index contributed by atoms with van der Waals surface area (Å²) in [6.45, 7) is 12.9. The van der Waals surface area contributed by atoms with Crippen molar-refractivity contribution in [2.24, 2.45) is 11.3 Å². The van der Waals surface area contributed by atoms with Crippen LogP contribution >= 0.6 is 0 Å². The molecular formula is C23H37N5O2. The monoisotopic (exact) mass is 415 g/mol. The molecule has 1 atom stereocenters. The van der Waals surface area contributed by atoms with Crippen molar-refractivity contribution in [1.82, 2.24) is 25.0 Å². The summed E-state index contributed by atoms with van der Waals surface area (Å²) in [5, 5.41) is 11.8. The average Bonchev–Trinajstić information content (AvgIpc) is 3.33. The fourth-order valence-electron chi connectivity index (χ4n) is 5.33. The van der Waals surface area contributed by atoms with Crippen molar-refractivity contribution in [1.29, 1.82) is 0 Å². The van der Waals surface area contributed by atoms with Gasteiger partial charge in [0.1, 0.15) is 5.82 Å². The zero-order valence-corrected chi connectivity index (χ0v) is 18.9. The third kappa shape index (κ3) is 4.78. The average molecular weight is 416 g/mol. The molecule has 1 aliphatic carbocycles. The van der Waals surface area contributed by atoms with E-state index in [1.54, 1.807) is 11.1 Å². The van der Waals surface area contributed by atoms with Crippen LogP contribution in [0.4, 0.5) is 0 Å². The first-order chi connectivity index (χ1) is 14.4. The topological polar surface area (TPSA) is 72.3 Å². The van der Waals surface area contributed by atoms with E-state index >= 15 is 0 Å². The van der Waals surface area contributed by atoms with Gasteiger partial charge in [-0.25, -0.2) is 0 Å². The first-order valence-corrected chi connectivity index (χ1v) is 11.6. The molecule has 0 bridgehead atoms. The number of rotatable bonds is 6. The highest BCUT2D eigenvalue weighted by molar-refractivity contribution is 5.78. The summed E-state index contributed by atoms with van der Waals surface area (Å²) in [6, 6.07) is 0. The van der Waals surface area contributed by atoms with E-state index in [2.05, 4.69) is 45.8 Å². The van der Waals surface area contributed by atoms with Crippen LogP contribution in [0.5, 0.6) is 0 Å². The predicted molar refractivity (Wildman–Crippen MR) is 116 cm³/mol. The lowest BCUT2D eigenvalue weighted by molar-refractivity contribution is -0.125. The molecule has 1 unspecified atom stereocenters. The first-order valence-electron chi connectivity index (χ1n) is 11.6. The van der Waals surface area contributed by atoms with Crippen LogP contribution in [0.2, 0.25) is 0 Å². The number of nitrogens with zero attached hydrogens (tertiary/aromatic N) is 4. The lowest BCUT2D eigenvalue weighted by atomic mass is 9.71. The number of allylic oxidation sites excluding steroid dienone is 1. The second-order valence-electron chi connectivity index (χ2n) is 9.80. The maximum atomic E-state index is 12.3. The number of amides is 1. The summed E-state index contributed by atoms with van der Waals surface area (Å²) >= 11 is 0. The number of hydrogen-bond acceptors (Lipinski definition) is 5. The third-order valence-electron chi connectivity index (χ3n) is 7.28. The molecule has 7 nitrogen and oxygen atoms in total. The van der Waals surface area contributed by atoms with Gasteiger partial charge in [-0.2, -0.15) is 0 Å². The molecule has 3 aliphatic rings. The molecular weight excluding hydrogens is 378 g/mol. The molecule has 0 saturated carbocycles. The van der Waals surface area contributed by atoms with Crippen molar-refractivity contribution < 1.29 is 9.53 Å². The van der Waals surface area contributed by atoms with E-state index in [0.29, 0.717) is 25.2 Å². The second-order valence-corrected chi connectivity index (χ2v) is 9.80. The summed E-state index contributed by atoms with van der Waals surface area (Å²) in [6.07, 6.45) is 6.80. The molecule has 0 spiro atoms. The Balaban J connectivity index is 1.31. The van der Waals surface area contributed by atoms with Crippen LogP contribution in [0.1, 0.15) is 64.5 Å². The molecule has 166 valence electrons. The van der Waals surface area contributed by atoms with Gasteiger partial charge in [-0.3, -0.25) is 4.79 Å². The van der Waals surface area contributed by atoms with Gasteiger partial charge in [-0.1, -0.05) is 25.0 Å². The van der Waals surface area contributed by atoms with Gasteiger partial charge in [0.25, 0.3) is 0 Å². The second kappa shape index (κ2) is 9.18. The van der Waals surface area contributed by atoms with E-state index in [1.165, 1.54) is 25.7 Å². The molecule has 4 rings (SSSR count). The van der Waals surface area contributed by atoms with E-state index in [0.717, 1.165) is 50.7 Å². The van der Waals surface area contributed by atoms with Crippen molar-refractivity contribution in [3.63, 3.8) is 0 Å². The summed E-state index contributed by atoms with van der Waals surface area (Å²) in [7, 11) is 0. The van der Waals surface area contributed by atoms with Gasteiger partial charge in [-0.05, 0) is 44.4 Å². The van der Waals surface area contributed by atoms with Crippen molar-refractivity contribution in [3.8, 4) is 0 Å². The zero-order chi connectivity index (χ0) is 21.1. The SMILES string of the molecule is CC1=C(CCN2CCc3nnc(CNC(=O)C4CCOC4)n3CC2)C(C)(C)CCC1. The molecule has 1 fully saturated rings. The van der Waals surface area contributed by atoms with Crippen molar-refractivity contribution in [2.75, 3.05) is 32.8 Å². The van der Waals surface area contributed by atoms with Crippen LogP contribution in [0.3, 0.4) is 0 Å². The summed E-state index contributed by atoms with van der Waals surface area (Å²) in [4.78, 5) is 14.8. The molecule has 1 aromatic rings. The van der Waals surface area contributed by atoms with E-state index in [4.69, 9.17) is 4.74 Å². The van der Waals surface area contributed by atoms with Gasteiger partial charge in [0, 0.05) is 39.2 Å². The van der Waals surface area contributed by atoms with E-state index in [-0.39, 0.29) is 11.8 Å². The largest absolute Gasteiger partial charge is 0.381 e. The summed E-state index contributed by atoms with van der Waals surface area (Å²) in [5.41, 5.74) is 3.64. The van der Waals surface area contributed by atoms with Crippen LogP contribution in [0.25, 0.3) is 0 Å². The van der Waals surface area contributed by atoms with Gasteiger partial charge in [0.2, 0.25) is 5.91 Å². The van der Waals surface area contributed by atoms with Gasteiger partial charge < -0.3 is 19.5 Å². The maximum absolute atomic E-state index is 12.3. The van der Waals surface area contributed by atoms with Crippen molar-refractivity contribution in [2.45, 2.75) is 72.4 Å². The van der Waals surface area contributed by atoms with E-state index < -0.39 is 0 Å². The lowest BCUT2D eigenvalue weighted by Gasteiger charge is -2.35. The van der Waals surface area contributed by atoms with Crippen molar-refractivity contribution >= 4 is 5.91 Å². The minimum Gasteiger partial charge on any atom is -0.381 e. The Morgan fingerprint density at radius 3 is 2.87 bits per heavy atom. The quantitative estimate of drug-likeness (QED) is 0.724. The number of fused-ring (bicyclic) bond motifs is 1. The fourth-order valence-corrected chi connectivity index (χ4v) is 5.33. The predicted octanol–water partition coefficient (Wildman–Crippen LogP) is 2.71. The number of carbonyl (C=O) groups is 1. The fraction of sp³-hybridized carbons (Fsp3) is 0.783. The van der Waals surface area contributed by atoms with E-state index in [9.17, 15) is 4.79 Å². The molecule has 1 aromatic heterocycles. The van der Waals surface area contributed by atoms with Crippen LogP contribution in [-0.4, -0.2) is 58.4 Å². The Morgan fingerprint density at radius 2 is 2.10 bits per heavy atom. The molecule has 3 heterocycles. The maximum Gasteiger partial charge on any atom is 0.225 e. The molecule has 1 saturated heterocycles. The molecule has 30 heavy (non-hydrogen) atoms. The highest BCUT2D eigenvalue weighted by Crippen LogP contribution is 2.41. The lowest BCUT2D eigenvalue weighted by Crippen LogP contribution is -2.32. The Bertz CT molecular complexity index is 792. The third-order valence-corrected chi connectivity index (χ3v) is 7.28. The Hall–Kier alpha value is -1.73. The first kappa shape index (κ1) is 21.5. The van der Waals surface area contributed by atoms with Crippen LogP contribution in [-0.2, 0) is 29.0 Å². The van der Waals surface area contributed by atoms with Gasteiger partial charge >= 0.3 is 0 Å². The Kier molecular flexibility index (Phi) is 6.58. The van der Waals surface area contributed by atoms with Crippen LogP contribution < -0.4 is 5.32 Å². The molecule has 0 aromatic carbocycles. The molecule has 1 N–H and O–H groups in total. The highest BCUT2D eigenvalue weighted by Gasteiger charge is 2.29. The Labute approximate surface area is 180 Å². The molecule has 7 heteroatoms.